The van der Waals surface area contributed by atoms with Gasteiger partial charge in [0.25, 0.3) is 0 Å². The van der Waals surface area contributed by atoms with Crippen LogP contribution in [0.3, 0.4) is 0 Å². The van der Waals surface area contributed by atoms with E-state index in [0.29, 0.717) is 5.82 Å². The van der Waals surface area contributed by atoms with E-state index in [4.69, 9.17) is 5.73 Å². The molecule has 66 valence electrons. The summed E-state index contributed by atoms with van der Waals surface area (Å²) in [4.78, 5) is 1.08. The van der Waals surface area contributed by atoms with E-state index in [-0.39, 0.29) is 0 Å². The Bertz CT molecular complexity index is 411. The Hall–Kier alpha value is -0.870. The van der Waals surface area contributed by atoms with E-state index >= 15 is 0 Å². The van der Waals surface area contributed by atoms with Crippen molar-refractivity contribution < 1.29 is 0 Å². The fourth-order valence-corrected chi connectivity index (χ4v) is 2.42. The Morgan fingerprint density at radius 2 is 1.92 bits per heavy atom. The van der Waals surface area contributed by atoms with Crippen LogP contribution in [0.1, 0.15) is 0 Å². The summed E-state index contributed by atoms with van der Waals surface area (Å²) in [7, 11) is 0. The molecule has 0 atom stereocenters. The molecule has 2 nitrogen and oxygen atoms in total. The van der Waals surface area contributed by atoms with Gasteiger partial charge in [-0.1, -0.05) is 30.3 Å². The maximum absolute atomic E-state index is 5.63. The van der Waals surface area contributed by atoms with Gasteiger partial charge in [-0.25, -0.2) is 0 Å². The van der Waals surface area contributed by atoms with Crippen LogP contribution in [0.25, 0.3) is 10.4 Å². The van der Waals surface area contributed by atoms with Crippen molar-refractivity contribution in [3.05, 3.63) is 34.8 Å². The number of benzene rings is 1. The van der Waals surface area contributed by atoms with Crippen molar-refractivity contribution in [3.8, 4) is 10.4 Å². The molecule has 0 aliphatic carbocycles. The minimum atomic E-state index is 0.559. The predicted octanol–water partition coefficient (Wildman–Crippen LogP) is 3.15. The first kappa shape index (κ1) is 8.72. The summed E-state index contributed by atoms with van der Waals surface area (Å²) in [5.41, 5.74) is 6.77. The SMILES string of the molecule is Nc1nsc(-c2ccccc2)c1Br. The molecule has 0 unspecified atom stereocenters. The standard InChI is InChI=1S/C9H7BrN2S/c10-7-8(13-12-9(7)11)6-4-2-1-3-5-6/h1-5H,(H2,11,12). The van der Waals surface area contributed by atoms with Crippen molar-refractivity contribution in [2.45, 2.75) is 0 Å². The van der Waals surface area contributed by atoms with Crippen molar-refractivity contribution in [1.82, 2.24) is 4.37 Å². The van der Waals surface area contributed by atoms with Crippen LogP contribution in [0.15, 0.2) is 34.8 Å². The first-order valence-corrected chi connectivity index (χ1v) is 5.32. The summed E-state index contributed by atoms with van der Waals surface area (Å²) in [5, 5.41) is 0. The molecule has 0 aliphatic heterocycles. The number of nitrogen functional groups attached to an aromatic ring is 1. The zero-order valence-corrected chi connectivity index (χ0v) is 9.10. The Morgan fingerprint density at radius 1 is 1.23 bits per heavy atom. The van der Waals surface area contributed by atoms with Gasteiger partial charge in [0.05, 0.1) is 9.35 Å². The second-order valence-electron chi connectivity index (χ2n) is 2.58. The maximum atomic E-state index is 5.63. The van der Waals surface area contributed by atoms with Crippen molar-refractivity contribution in [3.63, 3.8) is 0 Å². The third-order valence-corrected chi connectivity index (χ3v) is 3.67. The van der Waals surface area contributed by atoms with Gasteiger partial charge in [-0.2, -0.15) is 4.37 Å². The number of rotatable bonds is 1. The van der Waals surface area contributed by atoms with E-state index in [1.807, 2.05) is 30.3 Å². The van der Waals surface area contributed by atoms with Crippen molar-refractivity contribution in [2.24, 2.45) is 0 Å². The lowest BCUT2D eigenvalue weighted by atomic mass is 10.2. The molecule has 0 bridgehead atoms. The van der Waals surface area contributed by atoms with Gasteiger partial charge in [-0.15, -0.1) is 0 Å². The predicted molar refractivity (Wildman–Crippen MR) is 59.7 cm³/mol. The number of aromatic nitrogens is 1. The molecule has 2 aromatic rings. The van der Waals surface area contributed by atoms with Crippen LogP contribution in [-0.4, -0.2) is 4.37 Å². The Kier molecular flexibility index (Phi) is 2.33. The third kappa shape index (κ3) is 1.59. The molecule has 1 aromatic heterocycles. The zero-order chi connectivity index (χ0) is 9.26. The Labute approximate surface area is 88.7 Å². The number of halogens is 1. The first-order chi connectivity index (χ1) is 6.29. The average Bonchev–Trinajstić information content (AvgIpc) is 2.49. The molecule has 0 aliphatic rings. The monoisotopic (exact) mass is 254 g/mol. The summed E-state index contributed by atoms with van der Waals surface area (Å²) >= 11 is 4.82. The summed E-state index contributed by atoms with van der Waals surface area (Å²) in [6.45, 7) is 0. The number of anilines is 1. The van der Waals surface area contributed by atoms with Gasteiger partial charge < -0.3 is 5.73 Å². The highest BCUT2D eigenvalue weighted by atomic mass is 79.9. The van der Waals surface area contributed by atoms with E-state index in [9.17, 15) is 0 Å². The number of hydrogen-bond acceptors (Lipinski definition) is 3. The van der Waals surface area contributed by atoms with E-state index < -0.39 is 0 Å². The lowest BCUT2D eigenvalue weighted by molar-refractivity contribution is 1.54. The number of nitrogens with two attached hydrogens (primary N) is 1. The van der Waals surface area contributed by atoms with Crippen LogP contribution in [0.2, 0.25) is 0 Å². The van der Waals surface area contributed by atoms with Gasteiger partial charge >= 0.3 is 0 Å². The van der Waals surface area contributed by atoms with Crippen LogP contribution in [0.4, 0.5) is 5.82 Å². The molecule has 13 heavy (non-hydrogen) atoms. The lowest BCUT2D eigenvalue weighted by Crippen LogP contribution is -1.83. The smallest absolute Gasteiger partial charge is 0.152 e. The fraction of sp³-hybridized carbons (Fsp3) is 0. The zero-order valence-electron chi connectivity index (χ0n) is 6.70. The summed E-state index contributed by atoms with van der Waals surface area (Å²) in [6, 6.07) is 10.1. The molecule has 2 rings (SSSR count). The second kappa shape index (κ2) is 3.47. The highest BCUT2D eigenvalue weighted by Crippen LogP contribution is 2.35. The molecule has 4 heteroatoms. The third-order valence-electron chi connectivity index (χ3n) is 1.70. The number of nitrogens with zero attached hydrogens (tertiary/aromatic N) is 1. The Morgan fingerprint density at radius 3 is 2.46 bits per heavy atom. The molecule has 0 amide bonds. The topological polar surface area (TPSA) is 38.9 Å². The lowest BCUT2D eigenvalue weighted by Gasteiger charge is -1.95. The van der Waals surface area contributed by atoms with E-state index in [0.717, 1.165) is 14.9 Å². The average molecular weight is 255 g/mol. The molecule has 1 heterocycles. The molecule has 1 aromatic carbocycles. The molecule has 0 saturated heterocycles. The molecular formula is C9H7BrN2S. The van der Waals surface area contributed by atoms with Crippen LogP contribution in [0, 0.1) is 0 Å². The molecule has 0 spiro atoms. The van der Waals surface area contributed by atoms with Crippen LogP contribution in [0.5, 0.6) is 0 Å². The van der Waals surface area contributed by atoms with Gasteiger partial charge in [-0.3, -0.25) is 0 Å². The van der Waals surface area contributed by atoms with Crippen molar-refractivity contribution in [2.75, 3.05) is 5.73 Å². The van der Waals surface area contributed by atoms with Crippen molar-refractivity contribution in [1.29, 1.82) is 0 Å². The van der Waals surface area contributed by atoms with Crippen LogP contribution >= 0.6 is 27.5 Å². The Balaban J connectivity index is 2.53. The fourth-order valence-electron chi connectivity index (χ4n) is 1.06. The van der Waals surface area contributed by atoms with E-state index in [2.05, 4.69) is 20.3 Å². The quantitative estimate of drug-likeness (QED) is 0.850. The second-order valence-corrected chi connectivity index (χ2v) is 4.14. The largest absolute Gasteiger partial charge is 0.382 e. The molecule has 0 fully saturated rings. The van der Waals surface area contributed by atoms with E-state index in [1.165, 1.54) is 11.5 Å². The summed E-state index contributed by atoms with van der Waals surface area (Å²) in [6.07, 6.45) is 0. The maximum Gasteiger partial charge on any atom is 0.152 e. The van der Waals surface area contributed by atoms with Gasteiger partial charge in [0.2, 0.25) is 0 Å². The minimum Gasteiger partial charge on any atom is -0.382 e. The minimum absolute atomic E-state index is 0.559. The highest BCUT2D eigenvalue weighted by Gasteiger charge is 2.09. The van der Waals surface area contributed by atoms with Gasteiger partial charge in [0, 0.05) is 0 Å². The normalized spacial score (nSPS) is 10.2. The van der Waals surface area contributed by atoms with Gasteiger partial charge in [-0.05, 0) is 33.0 Å². The van der Waals surface area contributed by atoms with Gasteiger partial charge in [0.1, 0.15) is 0 Å². The molecular weight excluding hydrogens is 248 g/mol. The first-order valence-electron chi connectivity index (χ1n) is 3.75. The molecule has 0 radical (unpaired) electrons. The highest BCUT2D eigenvalue weighted by molar-refractivity contribution is 9.10. The molecule has 2 N–H and O–H groups in total. The summed E-state index contributed by atoms with van der Waals surface area (Å²) in [5.74, 6) is 0.559. The van der Waals surface area contributed by atoms with Crippen LogP contribution < -0.4 is 5.73 Å². The van der Waals surface area contributed by atoms with E-state index in [1.54, 1.807) is 0 Å². The molecule has 0 saturated carbocycles. The number of hydrogen-bond donors (Lipinski definition) is 1. The van der Waals surface area contributed by atoms with Gasteiger partial charge in [0.15, 0.2) is 5.82 Å². The summed E-state index contributed by atoms with van der Waals surface area (Å²) < 4.78 is 4.96. The van der Waals surface area contributed by atoms with Crippen molar-refractivity contribution >= 4 is 33.3 Å². The van der Waals surface area contributed by atoms with Crippen LogP contribution in [-0.2, 0) is 0 Å².